The molecule has 2 aliphatic heterocycles. The van der Waals surface area contributed by atoms with Crippen molar-refractivity contribution in [3.05, 3.63) is 47.3 Å². The summed E-state index contributed by atoms with van der Waals surface area (Å²) in [4.78, 5) is 10.8. The summed E-state index contributed by atoms with van der Waals surface area (Å²) < 4.78 is 49.4. The van der Waals surface area contributed by atoms with Crippen molar-refractivity contribution in [2.75, 3.05) is 20.2 Å². The zero-order chi connectivity index (χ0) is 29.1. The Hall–Kier alpha value is -2.63. The van der Waals surface area contributed by atoms with Gasteiger partial charge < -0.3 is 28.8 Å². The first kappa shape index (κ1) is 27.0. The number of aromatic nitrogens is 2. The Morgan fingerprint density at radius 1 is 1.19 bits per heavy atom. The van der Waals surface area contributed by atoms with Crippen molar-refractivity contribution >= 4 is 12.5 Å². The minimum Gasteiger partial charge on any atom is -0.429 e. The Bertz CT molecular complexity index is 1480. The summed E-state index contributed by atoms with van der Waals surface area (Å²) in [7, 11) is 0. The van der Waals surface area contributed by atoms with Crippen LogP contribution >= 0.6 is 0 Å². The zero-order valence-corrected chi connectivity index (χ0v) is 24.2. The van der Waals surface area contributed by atoms with Crippen molar-refractivity contribution in [1.82, 2.24) is 9.78 Å². The highest BCUT2D eigenvalue weighted by Crippen LogP contribution is 2.74. The first-order valence-corrected chi connectivity index (χ1v) is 15.0. The number of alkyl halides is 1. The molecule has 0 bridgehead atoms. The van der Waals surface area contributed by atoms with Crippen molar-refractivity contribution in [2.24, 2.45) is 28.6 Å². The maximum absolute atomic E-state index is 18.2. The molecule has 42 heavy (non-hydrogen) atoms. The number of carbonyl (C=O) groups excluding carboxylic acids is 1. The molecule has 5 fully saturated rings. The maximum Gasteiger partial charge on any atom is 0.298 e. The Labute approximate surface area is 243 Å². The topological polar surface area (TPSA) is 101 Å². The number of halogens is 1. The summed E-state index contributed by atoms with van der Waals surface area (Å²) in [5, 5.41) is 16.8. The van der Waals surface area contributed by atoms with Crippen LogP contribution in [0.5, 0.6) is 5.75 Å². The molecule has 3 heterocycles. The van der Waals surface area contributed by atoms with E-state index in [1.807, 2.05) is 25.3 Å². The predicted octanol–water partition coefficient (Wildman–Crippen LogP) is 4.34. The summed E-state index contributed by atoms with van der Waals surface area (Å²) in [6.07, 6.45) is 5.61. The van der Waals surface area contributed by atoms with Gasteiger partial charge in [-0.05, 0) is 67.7 Å². The molecule has 9 atom stereocenters. The Balaban J connectivity index is 1.17. The number of aliphatic hydroxyl groups excluding tert-OH is 1. The highest BCUT2D eigenvalue weighted by atomic mass is 19.1. The van der Waals surface area contributed by atoms with Crippen LogP contribution in [-0.4, -0.2) is 64.7 Å². The van der Waals surface area contributed by atoms with Crippen molar-refractivity contribution in [3.63, 3.8) is 0 Å². The van der Waals surface area contributed by atoms with Gasteiger partial charge in [-0.2, -0.15) is 5.10 Å². The highest BCUT2D eigenvalue weighted by Gasteiger charge is 2.81. The van der Waals surface area contributed by atoms with Crippen LogP contribution in [0.25, 0.3) is 11.8 Å². The van der Waals surface area contributed by atoms with Crippen LogP contribution in [0.2, 0.25) is 0 Å². The fourth-order valence-corrected chi connectivity index (χ4v) is 10.5. The molecule has 1 aromatic carbocycles. The van der Waals surface area contributed by atoms with E-state index in [1.165, 1.54) is 0 Å². The second-order valence-corrected chi connectivity index (χ2v) is 13.7. The van der Waals surface area contributed by atoms with Crippen LogP contribution in [0.1, 0.15) is 57.7 Å². The molecule has 6 aliphatic rings. The van der Waals surface area contributed by atoms with E-state index in [1.54, 1.807) is 22.9 Å². The van der Waals surface area contributed by atoms with E-state index in [0.29, 0.717) is 25.1 Å². The monoisotopic (exact) mass is 580 g/mol. The molecular weight excluding hydrogens is 543 g/mol. The third-order valence-electron chi connectivity index (χ3n) is 12.1. The molecule has 4 aliphatic carbocycles. The maximum atomic E-state index is 18.2. The third-order valence-corrected chi connectivity index (χ3v) is 12.1. The Kier molecular flexibility index (Phi) is 5.60. The largest absolute Gasteiger partial charge is 0.429 e. The molecule has 1 aromatic heterocycles. The molecule has 1 N–H and O–H groups in total. The number of benzene rings is 1. The lowest BCUT2D eigenvalue weighted by molar-refractivity contribution is -0.279. The molecule has 3 saturated carbocycles. The van der Waals surface area contributed by atoms with Crippen LogP contribution in [0, 0.1) is 28.6 Å². The van der Waals surface area contributed by atoms with Crippen LogP contribution in [-0.2, 0) is 30.2 Å². The molecular formula is C32H37FN2O7. The van der Waals surface area contributed by atoms with Gasteiger partial charge in [0.25, 0.3) is 6.47 Å². The van der Waals surface area contributed by atoms with Crippen molar-refractivity contribution in [1.29, 1.82) is 0 Å². The van der Waals surface area contributed by atoms with Gasteiger partial charge in [-0.25, -0.2) is 9.07 Å². The molecule has 8 rings (SSSR count). The van der Waals surface area contributed by atoms with Crippen molar-refractivity contribution in [2.45, 2.75) is 76.0 Å². The molecule has 2 saturated heterocycles. The summed E-state index contributed by atoms with van der Waals surface area (Å²) >= 11 is 0. The lowest BCUT2D eigenvalue weighted by Crippen LogP contribution is -2.72. The van der Waals surface area contributed by atoms with E-state index >= 15 is 4.39 Å². The quantitative estimate of drug-likeness (QED) is 0.536. The number of ether oxygens (including phenoxy) is 5. The number of aliphatic hydroxyl groups is 1. The lowest BCUT2D eigenvalue weighted by atomic mass is 9.43. The highest BCUT2D eigenvalue weighted by molar-refractivity contribution is 5.61. The number of hydrogen-bond donors (Lipinski definition) is 1. The van der Waals surface area contributed by atoms with E-state index in [0.717, 1.165) is 35.4 Å². The number of fused-ring (bicyclic) bond motifs is 8. The molecule has 1 unspecified atom stereocenters. The van der Waals surface area contributed by atoms with E-state index in [2.05, 4.69) is 13.8 Å². The molecule has 10 heteroatoms. The minimum absolute atomic E-state index is 0.0215. The smallest absolute Gasteiger partial charge is 0.298 e. The first-order valence-electron chi connectivity index (χ1n) is 15.0. The number of nitrogens with zero attached hydrogens (tertiary/aromatic N) is 2. The SMILES string of the molecule is C[C@H]1C[C@H]2[C@@H]3CCC4=Cc5nn(-c6cccc(OC=O)c6)cc5C[C@]4(C)[C@@]3(F)[C@@H](O)C[C@]2(C)[C@]12OCOC21COCO1. The number of rotatable bonds is 3. The van der Waals surface area contributed by atoms with E-state index in [4.69, 9.17) is 28.8 Å². The first-order chi connectivity index (χ1) is 20.1. The molecule has 0 amide bonds. The normalized spacial score (nSPS) is 45.3. The van der Waals surface area contributed by atoms with Gasteiger partial charge in [0.05, 0.1) is 17.5 Å². The Morgan fingerprint density at radius 3 is 2.81 bits per heavy atom. The molecule has 2 spiro atoms. The van der Waals surface area contributed by atoms with Gasteiger partial charge >= 0.3 is 0 Å². The Morgan fingerprint density at radius 2 is 2.02 bits per heavy atom. The average molecular weight is 581 g/mol. The fourth-order valence-electron chi connectivity index (χ4n) is 10.5. The summed E-state index contributed by atoms with van der Waals surface area (Å²) in [5.74, 6) is -0.964. The molecule has 0 radical (unpaired) electrons. The fraction of sp³-hybridized carbons (Fsp3) is 0.625. The lowest BCUT2D eigenvalue weighted by Gasteiger charge is -2.64. The predicted molar refractivity (Wildman–Crippen MR) is 147 cm³/mol. The second kappa shape index (κ2) is 8.72. The minimum atomic E-state index is -1.83. The number of carbonyl (C=O) groups is 1. The van der Waals surface area contributed by atoms with E-state index < -0.39 is 34.0 Å². The number of allylic oxidation sites excluding steroid dienone is 1. The summed E-state index contributed by atoms with van der Waals surface area (Å²) in [5.41, 5.74) is -0.624. The van der Waals surface area contributed by atoms with E-state index in [-0.39, 0.29) is 44.4 Å². The van der Waals surface area contributed by atoms with Crippen LogP contribution in [0.4, 0.5) is 4.39 Å². The molecule has 2 aromatic rings. The van der Waals surface area contributed by atoms with Gasteiger partial charge in [-0.1, -0.05) is 32.4 Å². The molecule has 9 nitrogen and oxygen atoms in total. The average Bonchev–Trinajstić information content (AvgIpc) is 3.74. The second-order valence-electron chi connectivity index (χ2n) is 13.7. The summed E-state index contributed by atoms with van der Waals surface area (Å²) in [6, 6.07) is 7.12. The van der Waals surface area contributed by atoms with Crippen molar-refractivity contribution < 1.29 is 38.0 Å². The van der Waals surface area contributed by atoms with Crippen LogP contribution in [0.3, 0.4) is 0 Å². The van der Waals surface area contributed by atoms with Gasteiger partial charge in [-0.3, -0.25) is 4.79 Å². The van der Waals surface area contributed by atoms with Gasteiger partial charge in [-0.15, -0.1) is 0 Å². The van der Waals surface area contributed by atoms with Gasteiger partial charge in [0.2, 0.25) is 5.79 Å². The van der Waals surface area contributed by atoms with Gasteiger partial charge in [0, 0.05) is 29.0 Å². The standard InChI is InChI=1S/C32H37FN2O7/c1-19-9-25-24-8-7-21-10-26-20(14-35(34-26)22-5-4-6-23(11-22)39-16-36)12-28(21,2)31(24,33)27(37)13-29(25,3)32(19)30(41-18-42-32)15-38-17-40-30/h4-6,10-11,14,16,19,24-25,27,37H,7-9,12-13,15,17-18H2,1-3H3/t19-,24-,25-,27-,28-,29-,30?,31-,32+/m0/s1. The summed E-state index contributed by atoms with van der Waals surface area (Å²) in [6.45, 7) is 7.19. The third kappa shape index (κ3) is 3.05. The van der Waals surface area contributed by atoms with Crippen LogP contribution in [0.15, 0.2) is 36.0 Å². The van der Waals surface area contributed by atoms with Gasteiger partial charge in [0.15, 0.2) is 13.6 Å². The van der Waals surface area contributed by atoms with Crippen molar-refractivity contribution in [3.8, 4) is 11.4 Å². The van der Waals surface area contributed by atoms with Gasteiger partial charge in [0.1, 0.15) is 23.6 Å². The molecule has 224 valence electrons. The van der Waals surface area contributed by atoms with E-state index in [9.17, 15) is 9.90 Å². The van der Waals surface area contributed by atoms with Crippen LogP contribution < -0.4 is 4.74 Å². The number of hydrogen-bond acceptors (Lipinski definition) is 8. The zero-order valence-electron chi connectivity index (χ0n) is 24.2.